The van der Waals surface area contributed by atoms with E-state index in [1.165, 1.54) is 53.4 Å². The van der Waals surface area contributed by atoms with Gasteiger partial charge in [0.2, 0.25) is 11.8 Å². The summed E-state index contributed by atoms with van der Waals surface area (Å²) in [7, 11) is -4.29. The average Bonchev–Trinajstić information content (AvgIpc) is 3.03. The molecular weight excluding hydrogens is 584 g/mol. The van der Waals surface area contributed by atoms with Crippen LogP contribution in [0.4, 0.5) is 14.5 Å². The molecule has 0 aliphatic heterocycles. The molecule has 230 valence electrons. The van der Waals surface area contributed by atoms with Crippen LogP contribution in [0.25, 0.3) is 0 Å². The number of halogens is 2. The molecule has 0 saturated heterocycles. The van der Waals surface area contributed by atoms with Crippen LogP contribution in [0.3, 0.4) is 0 Å². The first kappa shape index (κ1) is 32.3. The van der Waals surface area contributed by atoms with Gasteiger partial charge in [0.05, 0.1) is 10.6 Å². The summed E-state index contributed by atoms with van der Waals surface area (Å²) in [5.74, 6) is -2.10. The number of benzene rings is 4. The number of hydrogen-bond donors (Lipinski definition) is 1. The highest BCUT2D eigenvalue weighted by atomic mass is 32.2. The standard InChI is InChI=1S/C34H35F2N3O4S/c1-3-25(2)37-34(41)32(22-26-10-6-4-7-11-26)38(23-27-14-16-28(35)17-15-27)33(40)24-39(30-20-18-29(36)19-21-30)44(42,43)31-12-8-5-9-13-31/h4-21,25,32H,3,22-24H2,1-2H3,(H,37,41). The van der Waals surface area contributed by atoms with Gasteiger partial charge >= 0.3 is 0 Å². The Labute approximate surface area is 257 Å². The summed E-state index contributed by atoms with van der Waals surface area (Å²) >= 11 is 0. The molecule has 44 heavy (non-hydrogen) atoms. The SMILES string of the molecule is CCC(C)NC(=O)C(Cc1ccccc1)N(Cc1ccc(F)cc1)C(=O)CN(c1ccc(F)cc1)S(=O)(=O)c1ccccc1. The quantitative estimate of drug-likeness (QED) is 0.208. The molecular formula is C34H35F2N3O4S. The van der Waals surface area contributed by atoms with Crippen molar-refractivity contribution in [2.45, 2.75) is 50.2 Å². The van der Waals surface area contributed by atoms with Crippen molar-refractivity contribution in [2.24, 2.45) is 0 Å². The molecule has 7 nitrogen and oxygen atoms in total. The highest BCUT2D eigenvalue weighted by molar-refractivity contribution is 7.92. The van der Waals surface area contributed by atoms with E-state index in [0.717, 1.165) is 22.0 Å². The third kappa shape index (κ3) is 8.29. The van der Waals surface area contributed by atoms with E-state index in [2.05, 4.69) is 5.32 Å². The van der Waals surface area contributed by atoms with E-state index < -0.39 is 46.1 Å². The van der Waals surface area contributed by atoms with Gasteiger partial charge < -0.3 is 10.2 Å². The Morgan fingerprint density at radius 1 is 0.773 bits per heavy atom. The third-order valence-corrected chi connectivity index (χ3v) is 9.05. The van der Waals surface area contributed by atoms with Crippen molar-refractivity contribution >= 4 is 27.5 Å². The largest absolute Gasteiger partial charge is 0.352 e. The predicted octanol–water partition coefficient (Wildman–Crippen LogP) is 5.71. The Bertz CT molecular complexity index is 1640. The molecule has 0 aromatic heterocycles. The van der Waals surface area contributed by atoms with Gasteiger partial charge in [0.1, 0.15) is 24.2 Å². The van der Waals surface area contributed by atoms with E-state index in [-0.39, 0.29) is 29.6 Å². The number of nitrogens with zero attached hydrogens (tertiary/aromatic N) is 2. The first-order valence-corrected chi connectivity index (χ1v) is 15.7. The van der Waals surface area contributed by atoms with Gasteiger partial charge in [-0.15, -0.1) is 0 Å². The van der Waals surface area contributed by atoms with Crippen LogP contribution >= 0.6 is 0 Å². The summed E-state index contributed by atoms with van der Waals surface area (Å²) in [5.41, 5.74) is 1.42. The molecule has 10 heteroatoms. The van der Waals surface area contributed by atoms with Crippen molar-refractivity contribution in [2.75, 3.05) is 10.8 Å². The van der Waals surface area contributed by atoms with E-state index >= 15 is 0 Å². The van der Waals surface area contributed by atoms with E-state index in [1.807, 2.05) is 44.2 Å². The minimum absolute atomic E-state index is 0.0578. The lowest BCUT2D eigenvalue weighted by atomic mass is 10.0. The van der Waals surface area contributed by atoms with Crippen LogP contribution in [0.15, 0.2) is 114 Å². The molecule has 2 unspecified atom stereocenters. The lowest BCUT2D eigenvalue weighted by Gasteiger charge is -2.34. The second-order valence-corrected chi connectivity index (χ2v) is 12.3. The Hall–Kier alpha value is -4.57. The number of nitrogens with one attached hydrogen (secondary N) is 1. The Morgan fingerprint density at radius 2 is 1.32 bits per heavy atom. The minimum Gasteiger partial charge on any atom is -0.352 e. The predicted molar refractivity (Wildman–Crippen MR) is 166 cm³/mol. The molecule has 0 aliphatic carbocycles. The second kappa shape index (κ2) is 14.7. The first-order valence-electron chi connectivity index (χ1n) is 14.3. The average molecular weight is 620 g/mol. The van der Waals surface area contributed by atoms with E-state index in [1.54, 1.807) is 18.2 Å². The Morgan fingerprint density at radius 3 is 1.89 bits per heavy atom. The van der Waals surface area contributed by atoms with Crippen molar-refractivity contribution in [3.8, 4) is 0 Å². The molecule has 0 heterocycles. The first-order chi connectivity index (χ1) is 21.1. The number of carbonyl (C=O) groups is 2. The third-order valence-electron chi connectivity index (χ3n) is 7.26. The summed E-state index contributed by atoms with van der Waals surface area (Å²) < 4.78 is 56.3. The Balaban J connectivity index is 1.79. The zero-order valence-electron chi connectivity index (χ0n) is 24.6. The summed E-state index contributed by atoms with van der Waals surface area (Å²) in [5, 5.41) is 2.96. The van der Waals surface area contributed by atoms with Gasteiger partial charge in [0.15, 0.2) is 0 Å². The van der Waals surface area contributed by atoms with Crippen LogP contribution in [-0.2, 0) is 32.6 Å². The van der Waals surface area contributed by atoms with Crippen LogP contribution < -0.4 is 9.62 Å². The monoisotopic (exact) mass is 619 g/mol. The minimum atomic E-state index is -4.29. The normalized spacial score (nSPS) is 12.6. The number of carbonyl (C=O) groups excluding carboxylic acids is 2. The zero-order chi connectivity index (χ0) is 31.7. The van der Waals surface area contributed by atoms with E-state index in [9.17, 15) is 26.8 Å². The second-order valence-electron chi connectivity index (χ2n) is 10.5. The van der Waals surface area contributed by atoms with Crippen molar-refractivity contribution in [3.05, 3.63) is 132 Å². The molecule has 4 aromatic rings. The number of rotatable bonds is 13. The molecule has 0 radical (unpaired) electrons. The fourth-order valence-electron chi connectivity index (χ4n) is 4.64. The van der Waals surface area contributed by atoms with Crippen LogP contribution in [-0.4, -0.2) is 43.8 Å². The fourth-order valence-corrected chi connectivity index (χ4v) is 6.07. The maximum Gasteiger partial charge on any atom is 0.264 e. The molecule has 2 atom stereocenters. The van der Waals surface area contributed by atoms with E-state index in [4.69, 9.17) is 0 Å². The van der Waals surface area contributed by atoms with Crippen LogP contribution in [0.5, 0.6) is 0 Å². The van der Waals surface area contributed by atoms with Gasteiger partial charge in [-0.05, 0) is 73.0 Å². The van der Waals surface area contributed by atoms with Gasteiger partial charge in [0.25, 0.3) is 10.0 Å². The van der Waals surface area contributed by atoms with Crippen molar-refractivity contribution in [1.82, 2.24) is 10.2 Å². The molecule has 0 fully saturated rings. The van der Waals surface area contributed by atoms with Gasteiger partial charge in [-0.1, -0.05) is 67.6 Å². The molecule has 0 bridgehead atoms. The van der Waals surface area contributed by atoms with Gasteiger partial charge in [-0.25, -0.2) is 17.2 Å². The van der Waals surface area contributed by atoms with Crippen molar-refractivity contribution < 1.29 is 26.8 Å². The lowest BCUT2D eigenvalue weighted by Crippen LogP contribution is -2.54. The van der Waals surface area contributed by atoms with Crippen LogP contribution in [0, 0.1) is 11.6 Å². The Kier molecular flexibility index (Phi) is 10.8. The summed E-state index contributed by atoms with van der Waals surface area (Å²) in [4.78, 5) is 29.4. The summed E-state index contributed by atoms with van der Waals surface area (Å²) in [6.07, 6.45) is 0.807. The van der Waals surface area contributed by atoms with Crippen LogP contribution in [0.2, 0.25) is 0 Å². The number of anilines is 1. The number of hydrogen-bond acceptors (Lipinski definition) is 4. The molecule has 0 spiro atoms. The molecule has 2 amide bonds. The van der Waals surface area contributed by atoms with Gasteiger partial charge in [-0.3, -0.25) is 13.9 Å². The summed E-state index contributed by atoms with van der Waals surface area (Å²) in [6.45, 7) is 3.01. The highest BCUT2D eigenvalue weighted by Crippen LogP contribution is 2.25. The number of sulfonamides is 1. The molecule has 0 aliphatic rings. The highest BCUT2D eigenvalue weighted by Gasteiger charge is 2.35. The zero-order valence-corrected chi connectivity index (χ0v) is 25.4. The summed E-state index contributed by atoms with van der Waals surface area (Å²) in [6, 6.07) is 25.9. The van der Waals surface area contributed by atoms with Crippen molar-refractivity contribution in [3.63, 3.8) is 0 Å². The topological polar surface area (TPSA) is 86.8 Å². The number of amides is 2. The van der Waals surface area contributed by atoms with Gasteiger partial charge in [0, 0.05) is 19.0 Å². The lowest BCUT2D eigenvalue weighted by molar-refractivity contribution is -0.140. The molecule has 1 N–H and O–H groups in total. The van der Waals surface area contributed by atoms with Crippen LogP contribution in [0.1, 0.15) is 31.4 Å². The van der Waals surface area contributed by atoms with Crippen molar-refractivity contribution in [1.29, 1.82) is 0 Å². The van der Waals surface area contributed by atoms with Gasteiger partial charge in [-0.2, -0.15) is 0 Å². The molecule has 0 saturated carbocycles. The maximum absolute atomic E-state index is 14.3. The molecule has 4 aromatic carbocycles. The molecule has 4 rings (SSSR count). The smallest absolute Gasteiger partial charge is 0.264 e. The fraction of sp³-hybridized carbons (Fsp3) is 0.235. The van der Waals surface area contributed by atoms with E-state index in [0.29, 0.717) is 12.0 Å². The maximum atomic E-state index is 14.3.